The SMILES string of the molecule is NC(=O)CCS(=O)(=O)CCN1CCN(C2CNC2)CC1. The van der Waals surface area contributed by atoms with Gasteiger partial charge in [-0.2, -0.15) is 0 Å². The van der Waals surface area contributed by atoms with Gasteiger partial charge < -0.3 is 11.1 Å². The lowest BCUT2D eigenvalue weighted by Crippen LogP contribution is -2.61. The second-order valence-corrected chi connectivity index (χ2v) is 7.86. The molecule has 2 fully saturated rings. The molecule has 2 aliphatic heterocycles. The van der Waals surface area contributed by atoms with Crippen LogP contribution in [0, 0.1) is 0 Å². The lowest BCUT2D eigenvalue weighted by Gasteiger charge is -2.43. The van der Waals surface area contributed by atoms with Crippen molar-refractivity contribution in [3.8, 4) is 0 Å². The third-order valence-electron chi connectivity index (χ3n) is 4.06. The molecule has 0 spiro atoms. The van der Waals surface area contributed by atoms with Gasteiger partial charge in [0.1, 0.15) is 0 Å². The molecule has 0 saturated carbocycles. The Morgan fingerprint density at radius 1 is 1.15 bits per heavy atom. The summed E-state index contributed by atoms with van der Waals surface area (Å²) in [6.07, 6.45) is -0.0786. The maximum Gasteiger partial charge on any atom is 0.218 e. The van der Waals surface area contributed by atoms with Gasteiger partial charge in [-0.3, -0.25) is 14.6 Å². The average molecular weight is 304 g/mol. The normalized spacial score (nSPS) is 22.6. The van der Waals surface area contributed by atoms with E-state index in [0.717, 1.165) is 39.3 Å². The number of rotatable bonds is 7. The number of hydrogen-bond acceptors (Lipinski definition) is 6. The number of piperazine rings is 1. The first-order valence-electron chi connectivity index (χ1n) is 7.12. The van der Waals surface area contributed by atoms with Crippen molar-refractivity contribution in [3.05, 3.63) is 0 Å². The standard InChI is InChI=1S/C12H24N4O3S/c13-12(17)1-7-20(18,19)8-6-15-2-4-16(5-3-15)11-9-14-10-11/h11,14H,1-10H2,(H2,13,17). The number of nitrogens with zero attached hydrogens (tertiary/aromatic N) is 2. The molecule has 7 nitrogen and oxygen atoms in total. The largest absolute Gasteiger partial charge is 0.370 e. The Hall–Kier alpha value is -0.700. The molecule has 8 heteroatoms. The molecule has 3 N–H and O–H groups in total. The molecule has 2 rings (SSSR count). The molecule has 20 heavy (non-hydrogen) atoms. The van der Waals surface area contributed by atoms with Gasteiger partial charge in [-0.15, -0.1) is 0 Å². The quantitative estimate of drug-likeness (QED) is 0.558. The molecule has 0 aromatic heterocycles. The predicted molar refractivity (Wildman–Crippen MR) is 77.1 cm³/mol. The fourth-order valence-electron chi connectivity index (χ4n) is 2.51. The highest BCUT2D eigenvalue weighted by atomic mass is 32.2. The van der Waals surface area contributed by atoms with Crippen molar-refractivity contribution in [1.29, 1.82) is 0 Å². The third-order valence-corrected chi connectivity index (χ3v) is 5.69. The molecule has 0 aliphatic carbocycles. The molecule has 0 aromatic rings. The number of carbonyl (C=O) groups excluding carboxylic acids is 1. The number of nitrogens with two attached hydrogens (primary N) is 1. The van der Waals surface area contributed by atoms with E-state index in [1.165, 1.54) is 0 Å². The monoisotopic (exact) mass is 304 g/mol. The average Bonchev–Trinajstić information content (AvgIpc) is 2.34. The Morgan fingerprint density at radius 2 is 1.80 bits per heavy atom. The number of amides is 1. The highest BCUT2D eigenvalue weighted by Crippen LogP contribution is 2.09. The summed E-state index contributed by atoms with van der Waals surface area (Å²) >= 11 is 0. The van der Waals surface area contributed by atoms with Gasteiger partial charge >= 0.3 is 0 Å². The highest BCUT2D eigenvalue weighted by Gasteiger charge is 2.27. The number of nitrogens with one attached hydrogen (secondary N) is 1. The summed E-state index contributed by atoms with van der Waals surface area (Å²) < 4.78 is 23.5. The first kappa shape index (κ1) is 15.7. The van der Waals surface area contributed by atoms with Gasteiger partial charge in [-0.25, -0.2) is 8.42 Å². The number of hydrogen-bond donors (Lipinski definition) is 2. The van der Waals surface area contributed by atoms with E-state index in [9.17, 15) is 13.2 Å². The van der Waals surface area contributed by atoms with Crippen molar-refractivity contribution in [1.82, 2.24) is 15.1 Å². The molecule has 2 heterocycles. The fourth-order valence-corrected chi connectivity index (χ4v) is 3.76. The van der Waals surface area contributed by atoms with Crippen LogP contribution in [0.5, 0.6) is 0 Å². The third kappa shape index (κ3) is 4.69. The van der Waals surface area contributed by atoms with E-state index in [-0.39, 0.29) is 17.9 Å². The zero-order chi connectivity index (χ0) is 14.6. The summed E-state index contributed by atoms with van der Waals surface area (Å²) in [5.41, 5.74) is 4.98. The van der Waals surface area contributed by atoms with Crippen molar-refractivity contribution < 1.29 is 13.2 Å². The molecule has 1 amide bonds. The van der Waals surface area contributed by atoms with Crippen LogP contribution in [-0.4, -0.2) is 87.5 Å². The van der Waals surface area contributed by atoms with Crippen molar-refractivity contribution in [2.75, 3.05) is 57.3 Å². The zero-order valence-corrected chi connectivity index (χ0v) is 12.6. The summed E-state index contributed by atoms with van der Waals surface area (Å²) in [4.78, 5) is 15.3. The minimum absolute atomic E-state index is 0.0786. The summed E-state index contributed by atoms with van der Waals surface area (Å²) in [5, 5.41) is 3.27. The van der Waals surface area contributed by atoms with Gasteiger partial charge in [0.25, 0.3) is 0 Å². The molecule has 0 bridgehead atoms. The molecule has 0 aromatic carbocycles. The first-order chi connectivity index (χ1) is 9.46. The second-order valence-electron chi connectivity index (χ2n) is 5.56. The lowest BCUT2D eigenvalue weighted by atomic mass is 10.1. The van der Waals surface area contributed by atoms with Gasteiger partial charge in [-0.1, -0.05) is 0 Å². The molecular formula is C12H24N4O3S. The minimum atomic E-state index is -3.17. The Balaban J connectivity index is 1.66. The summed E-state index contributed by atoms with van der Waals surface area (Å²) in [5.74, 6) is -0.572. The Morgan fingerprint density at radius 3 is 2.30 bits per heavy atom. The lowest BCUT2D eigenvalue weighted by molar-refractivity contribution is -0.117. The smallest absolute Gasteiger partial charge is 0.218 e. The summed E-state index contributed by atoms with van der Waals surface area (Å²) in [6.45, 7) is 6.55. The highest BCUT2D eigenvalue weighted by molar-refractivity contribution is 7.91. The number of primary amides is 1. The topological polar surface area (TPSA) is 95.7 Å². The van der Waals surface area contributed by atoms with E-state index >= 15 is 0 Å². The maximum absolute atomic E-state index is 11.8. The zero-order valence-electron chi connectivity index (χ0n) is 11.8. The van der Waals surface area contributed by atoms with Crippen molar-refractivity contribution >= 4 is 15.7 Å². The van der Waals surface area contributed by atoms with Gasteiger partial charge in [0, 0.05) is 58.3 Å². The second kappa shape index (κ2) is 6.84. The van der Waals surface area contributed by atoms with Crippen LogP contribution in [0.1, 0.15) is 6.42 Å². The molecule has 0 unspecified atom stereocenters. The van der Waals surface area contributed by atoms with Gasteiger partial charge in [0.2, 0.25) is 5.91 Å². The van der Waals surface area contributed by atoms with E-state index in [2.05, 4.69) is 15.1 Å². The van der Waals surface area contributed by atoms with Crippen LogP contribution < -0.4 is 11.1 Å². The Kier molecular flexibility index (Phi) is 5.36. The van der Waals surface area contributed by atoms with Crippen LogP contribution in [0.15, 0.2) is 0 Å². The van der Waals surface area contributed by atoms with E-state index in [1.807, 2.05) is 0 Å². The summed E-state index contributed by atoms with van der Waals surface area (Å²) in [7, 11) is -3.17. The van der Waals surface area contributed by atoms with E-state index < -0.39 is 15.7 Å². The van der Waals surface area contributed by atoms with E-state index in [1.54, 1.807) is 0 Å². The van der Waals surface area contributed by atoms with Crippen molar-refractivity contribution in [2.24, 2.45) is 5.73 Å². The van der Waals surface area contributed by atoms with Crippen LogP contribution in [0.3, 0.4) is 0 Å². The predicted octanol–water partition coefficient (Wildman–Crippen LogP) is -2.13. The van der Waals surface area contributed by atoms with Gasteiger partial charge in [-0.05, 0) is 0 Å². The fraction of sp³-hybridized carbons (Fsp3) is 0.917. The first-order valence-corrected chi connectivity index (χ1v) is 8.94. The Bertz CT molecular complexity index is 428. The van der Waals surface area contributed by atoms with Gasteiger partial charge in [0.05, 0.1) is 11.5 Å². The Labute approximate surface area is 120 Å². The van der Waals surface area contributed by atoms with Crippen LogP contribution in [0.4, 0.5) is 0 Å². The molecule has 2 aliphatic rings. The van der Waals surface area contributed by atoms with Crippen molar-refractivity contribution in [2.45, 2.75) is 12.5 Å². The molecular weight excluding hydrogens is 280 g/mol. The van der Waals surface area contributed by atoms with Crippen molar-refractivity contribution in [3.63, 3.8) is 0 Å². The summed E-state index contributed by atoms with van der Waals surface area (Å²) in [6, 6.07) is 0.663. The molecule has 0 atom stereocenters. The van der Waals surface area contributed by atoms with Crippen LogP contribution >= 0.6 is 0 Å². The molecule has 0 radical (unpaired) electrons. The minimum Gasteiger partial charge on any atom is -0.370 e. The van der Waals surface area contributed by atoms with E-state index in [0.29, 0.717) is 12.6 Å². The molecule has 2 saturated heterocycles. The number of carbonyl (C=O) groups is 1. The molecule has 116 valence electrons. The van der Waals surface area contributed by atoms with E-state index in [4.69, 9.17) is 5.73 Å². The number of sulfone groups is 1. The van der Waals surface area contributed by atoms with Crippen LogP contribution in [-0.2, 0) is 14.6 Å². The van der Waals surface area contributed by atoms with Crippen LogP contribution in [0.25, 0.3) is 0 Å². The maximum atomic E-state index is 11.8. The van der Waals surface area contributed by atoms with Gasteiger partial charge in [0.15, 0.2) is 9.84 Å². The van der Waals surface area contributed by atoms with Crippen LogP contribution in [0.2, 0.25) is 0 Å².